The van der Waals surface area contributed by atoms with Gasteiger partial charge in [0.05, 0.1) is 17.9 Å². The molecule has 6 nitrogen and oxygen atoms in total. The summed E-state index contributed by atoms with van der Waals surface area (Å²) in [7, 11) is 0. The molecule has 0 saturated carbocycles. The molecule has 148 valence electrons. The van der Waals surface area contributed by atoms with E-state index in [-0.39, 0.29) is 5.91 Å². The average Bonchev–Trinajstić information content (AvgIpc) is 3.27. The van der Waals surface area contributed by atoms with Gasteiger partial charge in [0, 0.05) is 41.0 Å². The summed E-state index contributed by atoms with van der Waals surface area (Å²) in [6, 6.07) is 10.0. The van der Waals surface area contributed by atoms with Crippen molar-refractivity contribution in [2.45, 2.75) is 13.0 Å². The van der Waals surface area contributed by atoms with E-state index in [2.05, 4.69) is 22.3 Å². The fraction of sp³-hybridized carbons (Fsp3) is 0.400. The highest BCUT2D eigenvalue weighted by Crippen LogP contribution is 2.39. The van der Waals surface area contributed by atoms with E-state index in [1.807, 2.05) is 18.2 Å². The molecule has 3 aromatic rings. The highest BCUT2D eigenvalue weighted by atomic mass is 32.1. The molecular weight excluding hydrogens is 396 g/mol. The first-order valence-electron chi connectivity index (χ1n) is 9.31. The van der Waals surface area contributed by atoms with Gasteiger partial charge in [-0.1, -0.05) is 18.2 Å². The van der Waals surface area contributed by atoms with Crippen LogP contribution < -0.4 is 5.32 Å². The van der Waals surface area contributed by atoms with E-state index >= 15 is 0 Å². The summed E-state index contributed by atoms with van der Waals surface area (Å²) in [5.41, 5.74) is 0. The Bertz CT molecular complexity index is 991. The van der Waals surface area contributed by atoms with Crippen molar-refractivity contribution < 1.29 is 19.1 Å². The van der Waals surface area contributed by atoms with Crippen molar-refractivity contribution in [2.24, 2.45) is 0 Å². The van der Waals surface area contributed by atoms with Crippen molar-refractivity contribution in [3.63, 3.8) is 0 Å². The minimum absolute atomic E-state index is 0.273. The first-order chi connectivity index (χ1) is 13.6. The predicted molar refractivity (Wildman–Crippen MR) is 112 cm³/mol. The van der Waals surface area contributed by atoms with E-state index in [4.69, 9.17) is 9.47 Å². The zero-order chi connectivity index (χ0) is 19.5. The second-order valence-corrected chi connectivity index (χ2v) is 8.83. The standard InChI is InChI=1S/C20H22N2O4S2/c1-13(19(23)21-6-7-22-8-10-25-11-9-22)26-20(24)17-12-16-18(28-17)14-4-2-3-5-15(14)27-16/h2-5,12-13H,6-11H2,1H3,(H,21,23)/t13-/m0/s1. The van der Waals surface area contributed by atoms with Gasteiger partial charge in [-0.3, -0.25) is 9.69 Å². The van der Waals surface area contributed by atoms with E-state index in [1.165, 1.54) is 16.0 Å². The Balaban J connectivity index is 1.32. The molecule has 0 radical (unpaired) electrons. The normalized spacial score (nSPS) is 16.3. The number of morpholine rings is 1. The minimum atomic E-state index is -0.825. The molecule has 0 aliphatic carbocycles. The third-order valence-electron chi connectivity index (χ3n) is 4.73. The number of carbonyl (C=O) groups excluding carboxylic acids is 2. The topological polar surface area (TPSA) is 67.9 Å². The average molecular weight is 419 g/mol. The maximum absolute atomic E-state index is 12.5. The molecule has 0 bridgehead atoms. The predicted octanol–water partition coefficient (Wildman–Crippen LogP) is 3.11. The van der Waals surface area contributed by atoms with Gasteiger partial charge >= 0.3 is 5.97 Å². The van der Waals surface area contributed by atoms with Crippen LogP contribution in [0.25, 0.3) is 19.5 Å². The lowest BCUT2D eigenvalue weighted by Gasteiger charge is -2.26. The van der Waals surface area contributed by atoms with Crippen molar-refractivity contribution in [3.05, 3.63) is 35.2 Å². The largest absolute Gasteiger partial charge is 0.448 e. The van der Waals surface area contributed by atoms with Gasteiger partial charge in [-0.25, -0.2) is 4.79 Å². The summed E-state index contributed by atoms with van der Waals surface area (Å²) in [5, 5.41) is 3.99. The Morgan fingerprint density at radius 3 is 2.82 bits per heavy atom. The second kappa shape index (κ2) is 8.57. The quantitative estimate of drug-likeness (QED) is 0.623. The van der Waals surface area contributed by atoms with Crippen LogP contribution in [0, 0.1) is 0 Å². The summed E-state index contributed by atoms with van der Waals surface area (Å²) in [4.78, 5) is 27.5. The summed E-state index contributed by atoms with van der Waals surface area (Å²) in [6.45, 7) is 6.12. The van der Waals surface area contributed by atoms with Crippen molar-refractivity contribution >= 4 is 54.0 Å². The first-order valence-corrected chi connectivity index (χ1v) is 10.9. The van der Waals surface area contributed by atoms with E-state index in [9.17, 15) is 9.59 Å². The van der Waals surface area contributed by atoms with Gasteiger partial charge in [0.15, 0.2) is 6.10 Å². The lowest BCUT2D eigenvalue weighted by molar-refractivity contribution is -0.129. The van der Waals surface area contributed by atoms with Crippen LogP contribution in [-0.4, -0.2) is 62.3 Å². The Labute approximate surface area is 171 Å². The minimum Gasteiger partial charge on any atom is -0.448 e. The number of hydrogen-bond donors (Lipinski definition) is 1. The number of hydrogen-bond acceptors (Lipinski definition) is 7. The highest BCUT2D eigenvalue weighted by Gasteiger charge is 2.21. The number of amides is 1. The molecule has 1 atom stereocenters. The summed E-state index contributed by atoms with van der Waals surface area (Å²) in [6.07, 6.45) is -0.825. The van der Waals surface area contributed by atoms with Crippen LogP contribution in [0.15, 0.2) is 30.3 Å². The van der Waals surface area contributed by atoms with E-state index < -0.39 is 12.1 Å². The molecule has 1 fully saturated rings. The Morgan fingerprint density at radius 2 is 2.00 bits per heavy atom. The Hall–Kier alpha value is -2.00. The van der Waals surface area contributed by atoms with E-state index in [1.54, 1.807) is 18.3 Å². The number of carbonyl (C=O) groups is 2. The van der Waals surface area contributed by atoms with Gasteiger partial charge in [-0.05, 0) is 19.1 Å². The van der Waals surface area contributed by atoms with E-state index in [0.717, 1.165) is 47.6 Å². The maximum Gasteiger partial charge on any atom is 0.349 e. The van der Waals surface area contributed by atoms with Crippen LogP contribution in [0.4, 0.5) is 0 Å². The number of thiophene rings is 2. The second-order valence-electron chi connectivity index (χ2n) is 6.69. The van der Waals surface area contributed by atoms with Gasteiger partial charge in [0.2, 0.25) is 0 Å². The Kier molecular flexibility index (Phi) is 5.91. The molecule has 0 spiro atoms. The number of fused-ring (bicyclic) bond motifs is 3. The number of ether oxygens (including phenoxy) is 2. The lowest BCUT2D eigenvalue weighted by atomic mass is 10.2. The maximum atomic E-state index is 12.5. The number of rotatable bonds is 6. The molecule has 0 unspecified atom stereocenters. The lowest BCUT2D eigenvalue weighted by Crippen LogP contribution is -2.43. The molecule has 28 heavy (non-hydrogen) atoms. The SMILES string of the molecule is C[C@H](OC(=O)c1cc2sc3ccccc3c2s1)C(=O)NCCN1CCOCC1. The summed E-state index contributed by atoms with van der Waals surface area (Å²) in [5.74, 6) is -0.723. The number of esters is 1. The highest BCUT2D eigenvalue weighted by molar-refractivity contribution is 7.33. The molecule has 1 N–H and O–H groups in total. The summed E-state index contributed by atoms with van der Waals surface area (Å²) >= 11 is 3.08. The molecular formula is C20H22N2O4S2. The molecule has 1 saturated heterocycles. The van der Waals surface area contributed by atoms with Crippen molar-refractivity contribution in [1.82, 2.24) is 10.2 Å². The van der Waals surface area contributed by atoms with Gasteiger partial charge in [0.1, 0.15) is 4.88 Å². The molecule has 3 heterocycles. The van der Waals surface area contributed by atoms with Crippen LogP contribution in [0.2, 0.25) is 0 Å². The van der Waals surface area contributed by atoms with Gasteiger partial charge in [0.25, 0.3) is 5.91 Å². The molecule has 8 heteroatoms. The number of benzene rings is 1. The zero-order valence-corrected chi connectivity index (χ0v) is 17.2. The third-order valence-corrected chi connectivity index (χ3v) is 7.13. The molecule has 4 rings (SSSR count). The summed E-state index contributed by atoms with van der Waals surface area (Å²) < 4.78 is 14.1. The van der Waals surface area contributed by atoms with Crippen LogP contribution >= 0.6 is 22.7 Å². The van der Waals surface area contributed by atoms with Crippen molar-refractivity contribution in [2.75, 3.05) is 39.4 Å². The number of nitrogens with one attached hydrogen (secondary N) is 1. The van der Waals surface area contributed by atoms with Crippen LogP contribution in [0.1, 0.15) is 16.6 Å². The molecule has 2 aromatic heterocycles. The van der Waals surface area contributed by atoms with Crippen LogP contribution in [0.3, 0.4) is 0 Å². The zero-order valence-electron chi connectivity index (χ0n) is 15.6. The molecule has 1 aromatic carbocycles. The van der Waals surface area contributed by atoms with Gasteiger partial charge in [-0.15, -0.1) is 22.7 Å². The third kappa shape index (κ3) is 4.20. The fourth-order valence-corrected chi connectivity index (χ4v) is 5.59. The fourth-order valence-electron chi connectivity index (χ4n) is 3.18. The van der Waals surface area contributed by atoms with Gasteiger partial charge in [-0.2, -0.15) is 0 Å². The first kappa shape index (κ1) is 19.3. The smallest absolute Gasteiger partial charge is 0.349 e. The van der Waals surface area contributed by atoms with Crippen molar-refractivity contribution in [1.29, 1.82) is 0 Å². The Morgan fingerprint density at radius 1 is 1.21 bits per heavy atom. The van der Waals surface area contributed by atoms with Crippen LogP contribution in [-0.2, 0) is 14.3 Å². The van der Waals surface area contributed by atoms with Gasteiger partial charge < -0.3 is 14.8 Å². The molecule has 1 aliphatic heterocycles. The van der Waals surface area contributed by atoms with E-state index in [0.29, 0.717) is 11.4 Å². The molecule has 1 aliphatic rings. The number of nitrogens with zero attached hydrogens (tertiary/aromatic N) is 1. The van der Waals surface area contributed by atoms with Crippen molar-refractivity contribution in [3.8, 4) is 0 Å². The monoisotopic (exact) mass is 418 g/mol. The molecule has 1 amide bonds. The van der Waals surface area contributed by atoms with Crippen LogP contribution in [0.5, 0.6) is 0 Å².